The number of nitrogens with zero attached hydrogens (tertiary/aromatic N) is 1. The van der Waals surface area contributed by atoms with Crippen LogP contribution in [0, 0.1) is 13.8 Å². The Bertz CT molecular complexity index is 514. The zero-order valence-corrected chi connectivity index (χ0v) is 13.8. The van der Waals surface area contributed by atoms with E-state index in [-0.39, 0.29) is 0 Å². The van der Waals surface area contributed by atoms with Gasteiger partial charge in [0, 0.05) is 16.9 Å². The topological polar surface area (TPSA) is 20.3 Å². The molecule has 2 unspecified atom stereocenters. The lowest BCUT2D eigenvalue weighted by atomic mass is 10.00. The van der Waals surface area contributed by atoms with Gasteiger partial charge in [0.15, 0.2) is 0 Å². The van der Waals surface area contributed by atoms with E-state index in [4.69, 9.17) is 0 Å². The summed E-state index contributed by atoms with van der Waals surface area (Å²) in [4.78, 5) is 15.4. The van der Waals surface area contributed by atoms with E-state index in [0.717, 1.165) is 18.4 Å². The van der Waals surface area contributed by atoms with Crippen LogP contribution in [-0.4, -0.2) is 27.7 Å². The zero-order valence-electron chi connectivity index (χ0n) is 12.2. The van der Waals surface area contributed by atoms with Crippen molar-refractivity contribution >= 4 is 21.8 Å². The molecule has 20 heavy (non-hydrogen) atoms. The first-order valence-electron chi connectivity index (χ1n) is 7.56. The number of piperidine rings is 1. The fourth-order valence-corrected chi connectivity index (χ4v) is 4.56. The number of aryl methyl sites for hydroxylation is 2. The lowest BCUT2D eigenvalue weighted by Crippen LogP contribution is -2.47. The van der Waals surface area contributed by atoms with Crippen molar-refractivity contribution < 1.29 is 4.79 Å². The maximum Gasteiger partial charge on any atom is 0.227 e. The summed E-state index contributed by atoms with van der Waals surface area (Å²) >= 11 is 3.73. The average molecular weight is 336 g/mol. The number of benzene rings is 1. The first-order chi connectivity index (χ1) is 9.54. The highest BCUT2D eigenvalue weighted by molar-refractivity contribution is 9.09. The van der Waals surface area contributed by atoms with Crippen molar-refractivity contribution in [1.29, 1.82) is 0 Å². The van der Waals surface area contributed by atoms with E-state index >= 15 is 0 Å². The smallest absolute Gasteiger partial charge is 0.227 e. The zero-order chi connectivity index (χ0) is 14.3. The Kier molecular flexibility index (Phi) is 3.89. The van der Waals surface area contributed by atoms with E-state index in [1.165, 1.54) is 24.0 Å². The molecule has 2 aliphatic heterocycles. The molecule has 2 aliphatic rings. The Morgan fingerprint density at radius 3 is 2.45 bits per heavy atom. The monoisotopic (exact) mass is 335 g/mol. The minimum Gasteiger partial charge on any atom is -0.336 e. The van der Waals surface area contributed by atoms with Crippen molar-refractivity contribution in [2.24, 2.45) is 0 Å². The molecule has 2 fully saturated rings. The summed E-state index contributed by atoms with van der Waals surface area (Å²) < 4.78 is 0. The summed E-state index contributed by atoms with van der Waals surface area (Å²) in [5.41, 5.74) is 3.72. The van der Waals surface area contributed by atoms with Crippen molar-refractivity contribution in [3.8, 4) is 0 Å². The van der Waals surface area contributed by atoms with Gasteiger partial charge in [-0.2, -0.15) is 0 Å². The molecule has 3 rings (SSSR count). The Labute approximate surface area is 129 Å². The molecule has 2 nitrogen and oxygen atoms in total. The summed E-state index contributed by atoms with van der Waals surface area (Å²) in [6, 6.07) is 7.32. The van der Waals surface area contributed by atoms with Crippen molar-refractivity contribution in [1.82, 2.24) is 4.90 Å². The van der Waals surface area contributed by atoms with Crippen molar-refractivity contribution in [3.05, 3.63) is 34.9 Å². The van der Waals surface area contributed by atoms with Crippen molar-refractivity contribution in [2.75, 3.05) is 0 Å². The second-order valence-corrected chi connectivity index (χ2v) is 7.65. The lowest BCUT2D eigenvalue weighted by molar-refractivity contribution is -0.134. The molecule has 2 atom stereocenters. The van der Waals surface area contributed by atoms with Gasteiger partial charge in [0.1, 0.15) is 0 Å². The highest BCUT2D eigenvalue weighted by Gasteiger charge is 2.42. The van der Waals surface area contributed by atoms with E-state index < -0.39 is 0 Å². The van der Waals surface area contributed by atoms with E-state index in [9.17, 15) is 4.79 Å². The van der Waals surface area contributed by atoms with Gasteiger partial charge < -0.3 is 4.90 Å². The Balaban J connectivity index is 1.72. The number of fused-ring (bicyclic) bond motifs is 2. The standard InChI is InChI=1S/C17H22BrNO/c1-11-3-4-13(7-12(11)2)8-17(20)19-15-5-6-16(19)10-14(18)9-15/h3-4,7,14-16H,5-6,8-10H2,1-2H3. The van der Waals surface area contributed by atoms with Crippen LogP contribution in [0.3, 0.4) is 0 Å². The summed E-state index contributed by atoms with van der Waals surface area (Å²) in [6.45, 7) is 4.23. The number of carbonyl (C=O) groups excluding carboxylic acids is 1. The van der Waals surface area contributed by atoms with Crippen LogP contribution in [0.1, 0.15) is 42.4 Å². The molecular formula is C17H22BrNO. The van der Waals surface area contributed by atoms with E-state index in [0.29, 0.717) is 29.2 Å². The van der Waals surface area contributed by atoms with Gasteiger partial charge in [-0.1, -0.05) is 34.1 Å². The molecule has 108 valence electrons. The molecule has 0 saturated carbocycles. The van der Waals surface area contributed by atoms with Crippen molar-refractivity contribution in [3.63, 3.8) is 0 Å². The highest BCUT2D eigenvalue weighted by Crippen LogP contribution is 2.38. The SMILES string of the molecule is Cc1ccc(CC(=O)N2C3CCC2CC(Br)C3)cc1C. The van der Waals surface area contributed by atoms with E-state index in [1.54, 1.807) is 0 Å². The third-order valence-corrected chi connectivity index (χ3v) is 5.64. The van der Waals surface area contributed by atoms with Crippen LogP contribution in [0.15, 0.2) is 18.2 Å². The number of alkyl halides is 1. The van der Waals surface area contributed by atoms with E-state index in [1.807, 2.05) is 0 Å². The van der Waals surface area contributed by atoms with Crippen LogP contribution in [0.25, 0.3) is 0 Å². The molecule has 3 heteroatoms. The maximum atomic E-state index is 12.6. The Morgan fingerprint density at radius 2 is 1.85 bits per heavy atom. The summed E-state index contributed by atoms with van der Waals surface area (Å²) in [6.07, 6.45) is 5.17. The van der Waals surface area contributed by atoms with Crippen LogP contribution < -0.4 is 0 Å². The van der Waals surface area contributed by atoms with Crippen LogP contribution >= 0.6 is 15.9 Å². The Hall–Kier alpha value is -0.830. The quantitative estimate of drug-likeness (QED) is 0.753. The number of carbonyl (C=O) groups is 1. The third-order valence-electron chi connectivity index (χ3n) is 4.89. The molecular weight excluding hydrogens is 314 g/mol. The lowest BCUT2D eigenvalue weighted by Gasteiger charge is -2.37. The molecule has 0 aromatic heterocycles. The minimum absolute atomic E-state index is 0.320. The number of halogens is 1. The highest BCUT2D eigenvalue weighted by atomic mass is 79.9. The number of hydrogen-bond donors (Lipinski definition) is 0. The minimum atomic E-state index is 0.320. The summed E-state index contributed by atoms with van der Waals surface area (Å²) in [7, 11) is 0. The van der Waals surface area contributed by atoms with Crippen LogP contribution in [0.4, 0.5) is 0 Å². The van der Waals surface area contributed by atoms with Gasteiger partial charge in [0.25, 0.3) is 0 Å². The maximum absolute atomic E-state index is 12.6. The molecule has 1 aromatic rings. The molecule has 1 amide bonds. The normalized spacial score (nSPS) is 28.8. The molecule has 1 aromatic carbocycles. The number of rotatable bonds is 2. The van der Waals surface area contributed by atoms with E-state index in [2.05, 4.69) is 52.9 Å². The van der Waals surface area contributed by atoms with Crippen molar-refractivity contribution in [2.45, 2.75) is 62.9 Å². The molecule has 2 saturated heterocycles. The van der Waals surface area contributed by atoms with Gasteiger partial charge in [0.05, 0.1) is 6.42 Å². The fourth-order valence-electron chi connectivity index (χ4n) is 3.70. The molecule has 0 N–H and O–H groups in total. The number of amides is 1. The van der Waals surface area contributed by atoms with Gasteiger partial charge in [-0.3, -0.25) is 4.79 Å². The summed E-state index contributed by atoms with van der Waals surface area (Å²) in [5.74, 6) is 0.320. The number of hydrogen-bond acceptors (Lipinski definition) is 1. The molecule has 0 radical (unpaired) electrons. The van der Waals surface area contributed by atoms with Gasteiger partial charge in [-0.25, -0.2) is 0 Å². The van der Waals surface area contributed by atoms with Gasteiger partial charge in [-0.05, 0) is 56.2 Å². The third kappa shape index (κ3) is 2.65. The van der Waals surface area contributed by atoms with Crippen LogP contribution in [0.2, 0.25) is 0 Å². The fraction of sp³-hybridized carbons (Fsp3) is 0.588. The van der Waals surface area contributed by atoms with Gasteiger partial charge in [-0.15, -0.1) is 0 Å². The van der Waals surface area contributed by atoms with Crippen LogP contribution in [0.5, 0.6) is 0 Å². The second kappa shape index (κ2) is 5.51. The van der Waals surface area contributed by atoms with Gasteiger partial charge in [0.2, 0.25) is 5.91 Å². The molecule has 2 bridgehead atoms. The molecule has 0 aliphatic carbocycles. The predicted octanol–water partition coefficient (Wildman–Crippen LogP) is 3.76. The first kappa shape index (κ1) is 14.1. The van der Waals surface area contributed by atoms with Gasteiger partial charge >= 0.3 is 0 Å². The first-order valence-corrected chi connectivity index (χ1v) is 8.47. The largest absolute Gasteiger partial charge is 0.336 e. The summed E-state index contributed by atoms with van der Waals surface area (Å²) in [5, 5.41) is 0. The predicted molar refractivity (Wildman–Crippen MR) is 85.2 cm³/mol. The van der Waals surface area contributed by atoms with Crippen LogP contribution in [-0.2, 0) is 11.2 Å². The average Bonchev–Trinajstić information content (AvgIpc) is 2.66. The second-order valence-electron chi connectivity index (χ2n) is 6.35. The Morgan fingerprint density at radius 1 is 1.20 bits per heavy atom. The molecule has 2 heterocycles. The molecule has 0 spiro atoms.